The van der Waals surface area contributed by atoms with E-state index in [1.54, 1.807) is 0 Å². The van der Waals surface area contributed by atoms with E-state index in [0.717, 1.165) is 39.3 Å². The van der Waals surface area contributed by atoms with Crippen molar-refractivity contribution >= 4 is 10.8 Å². The first-order valence-electron chi connectivity index (χ1n) is 15.2. The highest BCUT2D eigenvalue weighted by atomic mass is 14.9. The summed E-state index contributed by atoms with van der Waals surface area (Å²) in [6.45, 7) is 0. The minimum absolute atomic E-state index is 0.707. The number of hydrogen-bond donors (Lipinski definition) is 1. The van der Waals surface area contributed by atoms with E-state index in [-0.39, 0.29) is 0 Å². The second kappa shape index (κ2) is 11.6. The fraction of sp³-hybridized carbons (Fsp3) is 0. The lowest BCUT2D eigenvalue weighted by atomic mass is 9.98. The molecule has 8 aromatic rings. The van der Waals surface area contributed by atoms with Gasteiger partial charge in [0, 0.05) is 28.6 Å². The van der Waals surface area contributed by atoms with E-state index in [1.165, 1.54) is 33.0 Å². The van der Waals surface area contributed by atoms with Gasteiger partial charge >= 0.3 is 0 Å². The summed E-state index contributed by atoms with van der Waals surface area (Å²) in [5.74, 6) is 0.707. The molecule has 0 bridgehead atoms. The molecule has 0 saturated heterocycles. The van der Waals surface area contributed by atoms with Crippen molar-refractivity contribution in [1.29, 1.82) is 0 Å². The molecule has 0 unspecified atom stereocenters. The maximum absolute atomic E-state index is 5.13. The number of hydrogen-bond acceptors (Lipinski definition) is 2. The standard InChI is InChI=1S/C42H29N3/c1-2-8-29(9-3-1)30-19-25-36(26-20-30)42-44-40(28-41(45-42)38-13-6-11-33-10-4-5-12-37(33)38)35-23-17-32(18-24-35)31-15-21-34(22-16-31)39-14-7-27-43-39/h1-28,43H. The van der Waals surface area contributed by atoms with Crippen LogP contribution in [-0.4, -0.2) is 15.0 Å². The molecule has 3 heteroatoms. The summed E-state index contributed by atoms with van der Waals surface area (Å²) in [5, 5.41) is 2.36. The molecular weight excluding hydrogens is 546 g/mol. The number of rotatable bonds is 6. The number of aromatic amines is 1. The van der Waals surface area contributed by atoms with Gasteiger partial charge in [-0.25, -0.2) is 9.97 Å². The molecular formula is C42H29N3. The molecule has 0 radical (unpaired) electrons. The minimum atomic E-state index is 0.707. The summed E-state index contributed by atoms with van der Waals surface area (Å²) in [5.41, 5.74) is 11.9. The van der Waals surface area contributed by atoms with Crippen LogP contribution in [0.1, 0.15) is 0 Å². The Labute approximate surface area is 262 Å². The molecule has 2 aromatic heterocycles. The Morgan fingerprint density at radius 1 is 0.378 bits per heavy atom. The molecule has 45 heavy (non-hydrogen) atoms. The first-order valence-corrected chi connectivity index (χ1v) is 15.2. The molecule has 8 rings (SSSR count). The highest BCUT2D eigenvalue weighted by Gasteiger charge is 2.13. The molecule has 0 atom stereocenters. The van der Waals surface area contributed by atoms with Gasteiger partial charge in [0.25, 0.3) is 0 Å². The molecule has 2 heterocycles. The molecule has 0 aliphatic rings. The van der Waals surface area contributed by atoms with Gasteiger partial charge in [-0.1, -0.05) is 146 Å². The van der Waals surface area contributed by atoms with Crippen LogP contribution in [0.15, 0.2) is 170 Å². The largest absolute Gasteiger partial charge is 0.361 e. The Morgan fingerprint density at radius 3 is 1.62 bits per heavy atom. The minimum Gasteiger partial charge on any atom is -0.361 e. The zero-order valence-electron chi connectivity index (χ0n) is 24.6. The third-order valence-electron chi connectivity index (χ3n) is 8.35. The summed E-state index contributed by atoms with van der Waals surface area (Å²) in [6, 6.07) is 57.4. The highest BCUT2D eigenvalue weighted by molar-refractivity contribution is 5.96. The van der Waals surface area contributed by atoms with Crippen LogP contribution in [0, 0.1) is 0 Å². The molecule has 212 valence electrons. The lowest BCUT2D eigenvalue weighted by Crippen LogP contribution is -1.96. The number of nitrogens with zero attached hydrogens (tertiary/aromatic N) is 2. The molecule has 6 aromatic carbocycles. The quantitative estimate of drug-likeness (QED) is 0.214. The van der Waals surface area contributed by atoms with Crippen molar-refractivity contribution in [3.63, 3.8) is 0 Å². The third-order valence-corrected chi connectivity index (χ3v) is 8.35. The number of H-pyrrole nitrogens is 1. The predicted octanol–water partition coefficient (Wildman–Crippen LogP) is 11.0. The molecule has 0 aliphatic heterocycles. The van der Waals surface area contributed by atoms with Crippen molar-refractivity contribution in [2.75, 3.05) is 0 Å². The smallest absolute Gasteiger partial charge is 0.160 e. The maximum atomic E-state index is 5.13. The van der Waals surface area contributed by atoms with Crippen molar-refractivity contribution in [2.24, 2.45) is 0 Å². The van der Waals surface area contributed by atoms with E-state index in [1.807, 2.05) is 18.3 Å². The normalized spacial score (nSPS) is 11.1. The Morgan fingerprint density at radius 2 is 0.933 bits per heavy atom. The zero-order valence-corrected chi connectivity index (χ0v) is 24.6. The van der Waals surface area contributed by atoms with Crippen LogP contribution < -0.4 is 0 Å². The molecule has 0 spiro atoms. The van der Waals surface area contributed by atoms with Crippen LogP contribution >= 0.6 is 0 Å². The molecule has 0 amide bonds. The van der Waals surface area contributed by atoms with Crippen LogP contribution in [0.5, 0.6) is 0 Å². The van der Waals surface area contributed by atoms with Crippen LogP contribution in [0.2, 0.25) is 0 Å². The van der Waals surface area contributed by atoms with Crippen molar-refractivity contribution in [2.45, 2.75) is 0 Å². The lowest BCUT2D eigenvalue weighted by Gasteiger charge is -2.12. The van der Waals surface area contributed by atoms with Gasteiger partial charge in [-0.15, -0.1) is 0 Å². The Kier molecular flexibility index (Phi) is 6.82. The van der Waals surface area contributed by atoms with E-state index < -0.39 is 0 Å². The molecule has 0 aliphatic carbocycles. The van der Waals surface area contributed by atoms with Gasteiger partial charge in [0.05, 0.1) is 11.4 Å². The Bertz CT molecular complexity index is 2210. The van der Waals surface area contributed by atoms with Crippen LogP contribution in [0.3, 0.4) is 0 Å². The number of fused-ring (bicyclic) bond motifs is 1. The first kappa shape index (κ1) is 26.6. The summed E-state index contributed by atoms with van der Waals surface area (Å²) < 4.78 is 0. The maximum Gasteiger partial charge on any atom is 0.160 e. The van der Waals surface area contributed by atoms with Crippen molar-refractivity contribution < 1.29 is 0 Å². The second-order valence-electron chi connectivity index (χ2n) is 11.2. The third kappa shape index (κ3) is 5.32. The van der Waals surface area contributed by atoms with Gasteiger partial charge in [0.15, 0.2) is 5.82 Å². The van der Waals surface area contributed by atoms with E-state index in [9.17, 15) is 0 Å². The predicted molar refractivity (Wildman–Crippen MR) is 187 cm³/mol. The van der Waals surface area contributed by atoms with Crippen molar-refractivity contribution in [3.05, 3.63) is 170 Å². The molecule has 1 N–H and O–H groups in total. The average Bonchev–Trinajstić information content (AvgIpc) is 3.67. The van der Waals surface area contributed by atoms with Gasteiger partial charge in [-0.05, 0) is 56.8 Å². The summed E-state index contributed by atoms with van der Waals surface area (Å²) in [6.07, 6.45) is 1.95. The van der Waals surface area contributed by atoms with Crippen LogP contribution in [0.25, 0.3) is 78.2 Å². The van der Waals surface area contributed by atoms with E-state index in [4.69, 9.17) is 9.97 Å². The number of nitrogens with one attached hydrogen (secondary N) is 1. The monoisotopic (exact) mass is 575 g/mol. The Hall–Kier alpha value is -6.06. The van der Waals surface area contributed by atoms with E-state index in [0.29, 0.717) is 5.82 Å². The summed E-state index contributed by atoms with van der Waals surface area (Å²) >= 11 is 0. The SMILES string of the molecule is c1ccc(-c2ccc(-c3nc(-c4ccc(-c5ccc(-c6ccc[nH]6)cc5)cc4)cc(-c4cccc5ccccc45)n3)cc2)cc1. The molecule has 0 fully saturated rings. The summed E-state index contributed by atoms with van der Waals surface area (Å²) in [4.78, 5) is 13.5. The van der Waals surface area contributed by atoms with Crippen LogP contribution in [-0.2, 0) is 0 Å². The van der Waals surface area contributed by atoms with Crippen molar-refractivity contribution in [3.8, 4) is 67.4 Å². The van der Waals surface area contributed by atoms with Gasteiger partial charge in [-0.2, -0.15) is 0 Å². The highest BCUT2D eigenvalue weighted by Crippen LogP contribution is 2.33. The van der Waals surface area contributed by atoms with E-state index >= 15 is 0 Å². The number of benzene rings is 6. The van der Waals surface area contributed by atoms with Gasteiger partial charge in [0.2, 0.25) is 0 Å². The summed E-state index contributed by atoms with van der Waals surface area (Å²) in [7, 11) is 0. The second-order valence-corrected chi connectivity index (χ2v) is 11.2. The fourth-order valence-corrected chi connectivity index (χ4v) is 5.94. The topological polar surface area (TPSA) is 41.6 Å². The Balaban J connectivity index is 1.19. The fourth-order valence-electron chi connectivity index (χ4n) is 5.94. The molecule has 0 saturated carbocycles. The van der Waals surface area contributed by atoms with Crippen molar-refractivity contribution in [1.82, 2.24) is 15.0 Å². The first-order chi connectivity index (χ1) is 22.3. The lowest BCUT2D eigenvalue weighted by molar-refractivity contribution is 1.18. The van der Waals surface area contributed by atoms with Gasteiger partial charge < -0.3 is 4.98 Å². The zero-order chi connectivity index (χ0) is 30.0. The average molecular weight is 576 g/mol. The number of aromatic nitrogens is 3. The molecule has 3 nitrogen and oxygen atoms in total. The van der Waals surface area contributed by atoms with Gasteiger partial charge in [-0.3, -0.25) is 0 Å². The van der Waals surface area contributed by atoms with Crippen LogP contribution in [0.4, 0.5) is 0 Å². The van der Waals surface area contributed by atoms with E-state index in [2.05, 4.69) is 157 Å². The van der Waals surface area contributed by atoms with Gasteiger partial charge in [0.1, 0.15) is 0 Å².